The molecule has 0 aromatic heterocycles. The molecule has 7 heteroatoms. The van der Waals surface area contributed by atoms with E-state index in [1.165, 1.54) is 0 Å². The van der Waals surface area contributed by atoms with Gasteiger partial charge < -0.3 is 24.3 Å². The van der Waals surface area contributed by atoms with E-state index < -0.39 is 11.7 Å². The molecule has 1 aromatic carbocycles. The quantitative estimate of drug-likeness (QED) is 0.852. The third kappa shape index (κ3) is 4.59. The number of hydrogen-bond acceptors (Lipinski definition) is 6. The number of amides is 1. The van der Waals surface area contributed by atoms with E-state index >= 15 is 0 Å². The van der Waals surface area contributed by atoms with E-state index in [1.54, 1.807) is 14.2 Å². The van der Waals surface area contributed by atoms with Crippen molar-refractivity contribution < 1.29 is 23.7 Å². The van der Waals surface area contributed by atoms with Crippen LogP contribution in [0.4, 0.5) is 4.79 Å². The number of benzene rings is 1. The van der Waals surface area contributed by atoms with Crippen molar-refractivity contribution in [3.8, 4) is 11.5 Å². The highest BCUT2D eigenvalue weighted by molar-refractivity contribution is 5.71. The van der Waals surface area contributed by atoms with Gasteiger partial charge in [0, 0.05) is 13.1 Å². The number of morpholine rings is 1. The number of ether oxygens (including phenoxy) is 4. The Morgan fingerprint density at radius 3 is 2.39 bits per heavy atom. The molecule has 1 amide bonds. The van der Waals surface area contributed by atoms with Gasteiger partial charge in [0.05, 0.1) is 39.5 Å². The fraction of sp³-hybridized carbons (Fsp3) is 0.571. The molecule has 154 valence electrons. The lowest BCUT2D eigenvalue weighted by atomic mass is 9.87. The molecule has 2 atom stereocenters. The molecule has 1 N–H and O–H groups in total. The average Bonchev–Trinajstić information content (AvgIpc) is 2.66. The first-order valence-electron chi connectivity index (χ1n) is 9.58. The summed E-state index contributed by atoms with van der Waals surface area (Å²) in [5, 5.41) is 3.08. The summed E-state index contributed by atoms with van der Waals surface area (Å²) in [7, 11) is 3.22. The maximum atomic E-state index is 12.6. The van der Waals surface area contributed by atoms with Crippen LogP contribution in [-0.2, 0) is 9.47 Å². The Morgan fingerprint density at radius 1 is 1.14 bits per heavy atom. The molecule has 1 aromatic rings. The van der Waals surface area contributed by atoms with Crippen LogP contribution >= 0.6 is 0 Å². The molecule has 2 aliphatic rings. The smallest absolute Gasteiger partial charge is 0.408 e. The highest BCUT2D eigenvalue weighted by atomic mass is 16.6. The van der Waals surface area contributed by atoms with Gasteiger partial charge in [-0.15, -0.1) is 0 Å². The minimum Gasteiger partial charge on any atom is -0.493 e. The zero-order valence-electron chi connectivity index (χ0n) is 17.3. The number of carbonyl (C=O) groups excluding carboxylic acids is 1. The standard InChI is InChI=1S/C21H30N2O5/c1-21(2,3)28-20(24)22-19-15-13-18(26-5)17(25-4)12-14(15)6-7-16(19)23-8-10-27-11-9-23/h6-7,12-13,16,19H,8-11H2,1-5H3,(H,22,24)/t16-,19-/m0/s1. The van der Waals surface area contributed by atoms with E-state index in [-0.39, 0.29) is 12.1 Å². The average molecular weight is 390 g/mol. The van der Waals surface area contributed by atoms with Crippen molar-refractivity contribution in [2.75, 3.05) is 40.5 Å². The van der Waals surface area contributed by atoms with E-state index in [4.69, 9.17) is 18.9 Å². The van der Waals surface area contributed by atoms with Gasteiger partial charge in [0.1, 0.15) is 5.60 Å². The van der Waals surface area contributed by atoms with Crippen molar-refractivity contribution in [1.29, 1.82) is 0 Å². The molecule has 0 spiro atoms. The molecule has 7 nitrogen and oxygen atoms in total. The fourth-order valence-corrected chi connectivity index (χ4v) is 3.63. The Labute approximate surface area is 166 Å². The first-order valence-corrected chi connectivity index (χ1v) is 9.58. The lowest BCUT2D eigenvalue weighted by molar-refractivity contribution is 0.0145. The van der Waals surface area contributed by atoms with E-state index in [9.17, 15) is 4.79 Å². The monoisotopic (exact) mass is 390 g/mol. The van der Waals surface area contributed by atoms with Crippen LogP contribution in [-0.4, -0.2) is 63.2 Å². The molecule has 1 aliphatic carbocycles. The van der Waals surface area contributed by atoms with Gasteiger partial charge in [-0.25, -0.2) is 4.79 Å². The van der Waals surface area contributed by atoms with E-state index in [1.807, 2.05) is 32.9 Å². The number of alkyl carbamates (subject to hydrolysis) is 1. The van der Waals surface area contributed by atoms with Gasteiger partial charge >= 0.3 is 6.09 Å². The van der Waals surface area contributed by atoms with Gasteiger partial charge in [-0.2, -0.15) is 0 Å². The van der Waals surface area contributed by atoms with Crippen LogP contribution in [0.2, 0.25) is 0 Å². The molecule has 1 saturated heterocycles. The number of rotatable bonds is 4. The zero-order chi connectivity index (χ0) is 20.3. The maximum absolute atomic E-state index is 12.6. The molecule has 1 heterocycles. The van der Waals surface area contributed by atoms with Gasteiger partial charge in [-0.05, 0) is 44.0 Å². The van der Waals surface area contributed by atoms with Gasteiger partial charge in [-0.1, -0.05) is 12.2 Å². The van der Waals surface area contributed by atoms with E-state index in [2.05, 4.69) is 22.4 Å². The summed E-state index contributed by atoms with van der Waals surface area (Å²) in [6.45, 7) is 8.55. The van der Waals surface area contributed by atoms with Crippen molar-refractivity contribution in [3.63, 3.8) is 0 Å². The first kappa shape index (κ1) is 20.5. The Kier molecular flexibility index (Phi) is 6.15. The predicted molar refractivity (Wildman–Crippen MR) is 107 cm³/mol. The second-order valence-corrected chi connectivity index (χ2v) is 7.96. The van der Waals surface area contributed by atoms with Crippen LogP contribution in [0.25, 0.3) is 6.08 Å². The van der Waals surface area contributed by atoms with Gasteiger partial charge in [0.15, 0.2) is 11.5 Å². The highest BCUT2D eigenvalue weighted by Gasteiger charge is 2.34. The largest absolute Gasteiger partial charge is 0.493 e. The van der Waals surface area contributed by atoms with Crippen LogP contribution in [0.3, 0.4) is 0 Å². The van der Waals surface area contributed by atoms with Gasteiger partial charge in [0.25, 0.3) is 0 Å². The van der Waals surface area contributed by atoms with Crippen molar-refractivity contribution >= 4 is 12.2 Å². The molecular weight excluding hydrogens is 360 g/mol. The molecule has 0 unspecified atom stereocenters. The van der Waals surface area contributed by atoms with Crippen molar-refractivity contribution in [2.24, 2.45) is 0 Å². The predicted octanol–water partition coefficient (Wildman–Crippen LogP) is 3.00. The van der Waals surface area contributed by atoms with Gasteiger partial charge in [-0.3, -0.25) is 4.90 Å². The summed E-state index contributed by atoms with van der Waals surface area (Å²) in [4.78, 5) is 14.9. The molecule has 1 fully saturated rings. The third-order valence-electron chi connectivity index (χ3n) is 4.88. The minimum atomic E-state index is -0.566. The number of hydrogen-bond donors (Lipinski definition) is 1. The molecule has 0 radical (unpaired) electrons. The number of carbonyl (C=O) groups is 1. The maximum Gasteiger partial charge on any atom is 0.408 e. The Hall–Kier alpha value is -2.25. The summed E-state index contributed by atoms with van der Waals surface area (Å²) in [5.41, 5.74) is 1.40. The normalized spacial score (nSPS) is 22.3. The molecule has 3 rings (SSSR count). The number of nitrogens with zero attached hydrogens (tertiary/aromatic N) is 1. The van der Waals surface area contributed by atoms with Crippen LogP contribution in [0.1, 0.15) is 37.9 Å². The van der Waals surface area contributed by atoms with Crippen molar-refractivity contribution in [2.45, 2.75) is 38.5 Å². The lowest BCUT2D eigenvalue weighted by Gasteiger charge is -2.40. The van der Waals surface area contributed by atoms with Crippen LogP contribution in [0, 0.1) is 0 Å². The number of methoxy groups -OCH3 is 2. The Morgan fingerprint density at radius 2 is 1.79 bits per heavy atom. The topological polar surface area (TPSA) is 69.3 Å². The Bertz CT molecular complexity index is 735. The van der Waals surface area contributed by atoms with Crippen LogP contribution < -0.4 is 14.8 Å². The number of nitrogens with one attached hydrogen (secondary N) is 1. The summed E-state index contributed by atoms with van der Waals surface area (Å²) < 4.78 is 21.9. The summed E-state index contributed by atoms with van der Waals surface area (Å²) in [6, 6.07) is 3.60. The van der Waals surface area contributed by atoms with E-state index in [0.29, 0.717) is 24.7 Å². The first-order chi connectivity index (χ1) is 13.3. The summed E-state index contributed by atoms with van der Waals surface area (Å²) in [6.07, 6.45) is 3.76. The van der Waals surface area contributed by atoms with Crippen molar-refractivity contribution in [1.82, 2.24) is 10.2 Å². The van der Waals surface area contributed by atoms with E-state index in [0.717, 1.165) is 24.2 Å². The molecule has 0 saturated carbocycles. The molecule has 28 heavy (non-hydrogen) atoms. The molecular formula is C21H30N2O5. The summed E-state index contributed by atoms with van der Waals surface area (Å²) in [5.74, 6) is 1.29. The van der Waals surface area contributed by atoms with Crippen LogP contribution in [0.15, 0.2) is 18.2 Å². The SMILES string of the molecule is COc1cc2c(cc1OC)[C@H](NC(=O)OC(C)(C)C)[C@@H](N1CCOCC1)C=C2. The second kappa shape index (κ2) is 8.41. The third-order valence-corrected chi connectivity index (χ3v) is 4.88. The minimum absolute atomic E-state index is 0.00187. The molecule has 0 bridgehead atoms. The Balaban J connectivity index is 1.96. The lowest BCUT2D eigenvalue weighted by Crippen LogP contribution is -2.51. The van der Waals surface area contributed by atoms with Gasteiger partial charge in [0.2, 0.25) is 0 Å². The highest BCUT2D eigenvalue weighted by Crippen LogP contribution is 2.39. The summed E-state index contributed by atoms with van der Waals surface area (Å²) >= 11 is 0. The van der Waals surface area contributed by atoms with Crippen molar-refractivity contribution in [3.05, 3.63) is 29.3 Å². The fourth-order valence-electron chi connectivity index (χ4n) is 3.63. The number of fused-ring (bicyclic) bond motifs is 1. The van der Waals surface area contributed by atoms with Crippen LogP contribution in [0.5, 0.6) is 11.5 Å². The molecule has 1 aliphatic heterocycles. The second-order valence-electron chi connectivity index (χ2n) is 7.96. The zero-order valence-corrected chi connectivity index (χ0v) is 17.3.